The second-order valence-corrected chi connectivity index (χ2v) is 4.72. The lowest BCUT2D eigenvalue weighted by Crippen LogP contribution is -2.18. The van der Waals surface area contributed by atoms with Gasteiger partial charge in [0.1, 0.15) is 6.61 Å². The van der Waals surface area contributed by atoms with Crippen LogP contribution in [0.2, 0.25) is 0 Å². The van der Waals surface area contributed by atoms with Crippen LogP contribution in [0, 0.1) is 0 Å². The normalized spacial score (nSPS) is 10.8. The maximum Gasteiger partial charge on any atom is 0.250 e. The van der Waals surface area contributed by atoms with E-state index in [1.807, 2.05) is 54.0 Å². The Labute approximate surface area is 127 Å². The number of carbonyl (C=O) groups excluding carboxylic acids is 1. The molecule has 112 valence electrons. The minimum absolute atomic E-state index is 0.0546. The third-order valence-electron chi connectivity index (χ3n) is 3.11. The number of carbonyl (C=O) groups is 1. The van der Waals surface area contributed by atoms with Crippen molar-refractivity contribution >= 4 is 17.4 Å². The van der Waals surface area contributed by atoms with Crippen LogP contribution in [0.1, 0.15) is 6.92 Å². The molecule has 0 aliphatic rings. The molecular formula is C16H16N4O2. The molecule has 0 unspecified atom stereocenters. The van der Waals surface area contributed by atoms with E-state index in [-0.39, 0.29) is 12.5 Å². The van der Waals surface area contributed by atoms with Gasteiger partial charge in [-0.25, -0.2) is 9.97 Å². The molecule has 0 saturated heterocycles. The molecule has 0 aliphatic carbocycles. The molecule has 0 saturated carbocycles. The number of hydrogen-bond donors (Lipinski definition) is 1. The molecule has 3 aromatic rings. The summed E-state index contributed by atoms with van der Waals surface area (Å²) in [4.78, 5) is 20.4. The molecule has 6 nitrogen and oxygen atoms in total. The highest BCUT2D eigenvalue weighted by molar-refractivity contribution is 5.92. The lowest BCUT2D eigenvalue weighted by molar-refractivity contribution is -0.120. The summed E-state index contributed by atoms with van der Waals surface area (Å²) in [5.41, 5.74) is 2.44. The second-order valence-electron chi connectivity index (χ2n) is 4.72. The first-order chi connectivity index (χ1) is 10.8. The van der Waals surface area contributed by atoms with E-state index in [0.29, 0.717) is 18.1 Å². The molecule has 0 aliphatic heterocycles. The van der Waals surface area contributed by atoms with Gasteiger partial charge < -0.3 is 10.1 Å². The van der Waals surface area contributed by atoms with E-state index in [0.717, 1.165) is 11.3 Å². The molecule has 1 aromatic carbocycles. The average molecular weight is 296 g/mol. The van der Waals surface area contributed by atoms with Gasteiger partial charge in [-0.1, -0.05) is 12.1 Å². The maximum atomic E-state index is 11.7. The largest absolute Gasteiger partial charge is 0.372 e. The number of imidazole rings is 1. The fourth-order valence-electron chi connectivity index (χ4n) is 2.12. The maximum absolute atomic E-state index is 11.7. The molecule has 0 bridgehead atoms. The van der Waals surface area contributed by atoms with Gasteiger partial charge in [-0.15, -0.1) is 0 Å². The number of anilines is 1. The first-order valence-corrected chi connectivity index (χ1v) is 7.04. The van der Waals surface area contributed by atoms with E-state index >= 15 is 0 Å². The Morgan fingerprint density at radius 1 is 1.36 bits per heavy atom. The van der Waals surface area contributed by atoms with E-state index in [2.05, 4.69) is 15.3 Å². The molecule has 1 amide bonds. The van der Waals surface area contributed by atoms with Crippen LogP contribution >= 0.6 is 0 Å². The van der Waals surface area contributed by atoms with E-state index in [1.54, 1.807) is 6.20 Å². The van der Waals surface area contributed by atoms with Crippen molar-refractivity contribution in [2.24, 2.45) is 0 Å². The smallest absolute Gasteiger partial charge is 0.250 e. The Kier molecular flexibility index (Phi) is 4.11. The highest BCUT2D eigenvalue weighted by Gasteiger charge is 2.07. The SMILES string of the molecule is CCOCC(=O)Nc1cccc(-c2cn3cccnc3n2)c1. The molecule has 0 atom stereocenters. The van der Waals surface area contributed by atoms with Gasteiger partial charge in [-0.3, -0.25) is 9.20 Å². The summed E-state index contributed by atoms with van der Waals surface area (Å²) in [6.07, 6.45) is 5.51. The number of hydrogen-bond acceptors (Lipinski definition) is 4. The number of amides is 1. The number of ether oxygens (including phenoxy) is 1. The zero-order valence-electron chi connectivity index (χ0n) is 12.2. The Bertz CT molecular complexity index is 764. The van der Waals surface area contributed by atoms with Crippen LogP contribution in [0.15, 0.2) is 48.9 Å². The second kappa shape index (κ2) is 6.36. The van der Waals surface area contributed by atoms with Crippen LogP contribution in [0.4, 0.5) is 5.69 Å². The molecule has 6 heteroatoms. The van der Waals surface area contributed by atoms with Crippen molar-refractivity contribution in [3.8, 4) is 11.3 Å². The highest BCUT2D eigenvalue weighted by atomic mass is 16.5. The predicted octanol–water partition coefficient (Wildman–Crippen LogP) is 2.37. The zero-order chi connectivity index (χ0) is 15.4. The van der Waals surface area contributed by atoms with Crippen LogP contribution in [0.25, 0.3) is 17.0 Å². The van der Waals surface area contributed by atoms with Gasteiger partial charge in [0.05, 0.1) is 5.69 Å². The first kappa shape index (κ1) is 14.2. The predicted molar refractivity (Wildman–Crippen MR) is 83.5 cm³/mol. The van der Waals surface area contributed by atoms with E-state index < -0.39 is 0 Å². The van der Waals surface area contributed by atoms with Gasteiger partial charge in [0.25, 0.3) is 0 Å². The molecule has 22 heavy (non-hydrogen) atoms. The lowest BCUT2D eigenvalue weighted by Gasteiger charge is -2.06. The Hall–Kier alpha value is -2.73. The summed E-state index contributed by atoms with van der Waals surface area (Å²) in [6, 6.07) is 9.39. The molecule has 2 aromatic heterocycles. The fraction of sp³-hybridized carbons (Fsp3) is 0.188. The quantitative estimate of drug-likeness (QED) is 0.785. The van der Waals surface area contributed by atoms with Crippen molar-refractivity contribution < 1.29 is 9.53 Å². The minimum Gasteiger partial charge on any atom is -0.372 e. The zero-order valence-corrected chi connectivity index (χ0v) is 12.2. The first-order valence-electron chi connectivity index (χ1n) is 7.04. The van der Waals surface area contributed by atoms with Gasteiger partial charge in [0.2, 0.25) is 11.7 Å². The number of aromatic nitrogens is 3. The van der Waals surface area contributed by atoms with E-state index in [4.69, 9.17) is 4.74 Å². The average Bonchev–Trinajstić information content (AvgIpc) is 2.97. The Balaban J connectivity index is 1.82. The summed E-state index contributed by atoms with van der Waals surface area (Å²) in [5, 5.41) is 2.81. The number of nitrogens with zero attached hydrogens (tertiary/aromatic N) is 3. The van der Waals surface area contributed by atoms with Crippen molar-refractivity contribution in [1.29, 1.82) is 0 Å². The van der Waals surface area contributed by atoms with Gasteiger partial charge in [-0.2, -0.15) is 0 Å². The van der Waals surface area contributed by atoms with Gasteiger partial charge in [0, 0.05) is 36.4 Å². The number of nitrogens with one attached hydrogen (secondary N) is 1. The monoisotopic (exact) mass is 296 g/mol. The molecule has 0 fully saturated rings. The van der Waals surface area contributed by atoms with Crippen molar-refractivity contribution in [2.45, 2.75) is 6.92 Å². The molecule has 1 N–H and O–H groups in total. The van der Waals surface area contributed by atoms with Crippen LogP contribution in [-0.4, -0.2) is 33.5 Å². The summed E-state index contributed by atoms with van der Waals surface area (Å²) in [7, 11) is 0. The van der Waals surface area contributed by atoms with Crippen LogP contribution in [0.5, 0.6) is 0 Å². The van der Waals surface area contributed by atoms with Crippen LogP contribution < -0.4 is 5.32 Å². The minimum atomic E-state index is -0.171. The Morgan fingerprint density at radius 3 is 3.09 bits per heavy atom. The number of fused-ring (bicyclic) bond motifs is 1. The molecular weight excluding hydrogens is 280 g/mol. The van der Waals surface area contributed by atoms with Crippen molar-refractivity contribution in [1.82, 2.24) is 14.4 Å². The number of rotatable bonds is 5. The van der Waals surface area contributed by atoms with Gasteiger partial charge in [0.15, 0.2) is 0 Å². The van der Waals surface area contributed by atoms with Gasteiger partial charge in [-0.05, 0) is 25.1 Å². The third kappa shape index (κ3) is 3.12. The molecule has 3 rings (SSSR count). The third-order valence-corrected chi connectivity index (χ3v) is 3.11. The Morgan fingerprint density at radius 2 is 2.27 bits per heavy atom. The topological polar surface area (TPSA) is 68.5 Å². The summed E-state index contributed by atoms with van der Waals surface area (Å²) >= 11 is 0. The highest BCUT2D eigenvalue weighted by Crippen LogP contribution is 2.21. The molecule has 0 spiro atoms. The number of benzene rings is 1. The van der Waals surface area contributed by atoms with Crippen molar-refractivity contribution in [3.63, 3.8) is 0 Å². The summed E-state index contributed by atoms with van der Waals surface area (Å²) in [5.74, 6) is 0.471. The van der Waals surface area contributed by atoms with Crippen LogP contribution in [0.3, 0.4) is 0 Å². The standard InChI is InChI=1S/C16H16N4O2/c1-2-22-11-15(21)18-13-6-3-5-12(9-13)14-10-20-8-4-7-17-16(20)19-14/h3-10H,2,11H2,1H3,(H,18,21). The van der Waals surface area contributed by atoms with Gasteiger partial charge >= 0.3 is 0 Å². The molecule has 2 heterocycles. The fourth-order valence-corrected chi connectivity index (χ4v) is 2.12. The van der Waals surface area contributed by atoms with E-state index in [9.17, 15) is 4.79 Å². The lowest BCUT2D eigenvalue weighted by atomic mass is 10.1. The summed E-state index contributed by atoms with van der Waals surface area (Å²) in [6.45, 7) is 2.42. The summed E-state index contributed by atoms with van der Waals surface area (Å²) < 4.78 is 6.94. The van der Waals surface area contributed by atoms with Crippen molar-refractivity contribution in [2.75, 3.05) is 18.5 Å². The van der Waals surface area contributed by atoms with E-state index in [1.165, 1.54) is 0 Å². The van der Waals surface area contributed by atoms with Crippen LogP contribution in [-0.2, 0) is 9.53 Å². The molecule has 0 radical (unpaired) electrons. The van der Waals surface area contributed by atoms with Crippen molar-refractivity contribution in [3.05, 3.63) is 48.9 Å².